The fourth-order valence-electron chi connectivity index (χ4n) is 7.90. The second-order valence-corrected chi connectivity index (χ2v) is 14.6. The van der Waals surface area contributed by atoms with E-state index in [1.807, 2.05) is 51.1 Å². The minimum absolute atomic E-state index is 0.110. The first-order valence-corrected chi connectivity index (χ1v) is 18.1. The van der Waals surface area contributed by atoms with Crippen LogP contribution in [0.1, 0.15) is 77.9 Å². The van der Waals surface area contributed by atoms with Gasteiger partial charge in [-0.2, -0.15) is 0 Å². The molecule has 1 spiro atoms. The zero-order chi connectivity index (χ0) is 35.3. The van der Waals surface area contributed by atoms with Crippen molar-refractivity contribution < 1.29 is 33.8 Å². The van der Waals surface area contributed by atoms with Crippen LogP contribution in [0.2, 0.25) is 0 Å². The first kappa shape index (κ1) is 37.8. The van der Waals surface area contributed by atoms with Crippen molar-refractivity contribution in [3.8, 4) is 0 Å². The van der Waals surface area contributed by atoms with Gasteiger partial charge in [0.05, 0.1) is 36.6 Å². The van der Waals surface area contributed by atoms with E-state index in [0.29, 0.717) is 24.8 Å². The van der Waals surface area contributed by atoms with Gasteiger partial charge >= 0.3 is 5.97 Å². The predicted molar refractivity (Wildman–Crippen MR) is 187 cm³/mol. The summed E-state index contributed by atoms with van der Waals surface area (Å²) < 4.78 is 13.0. The average molecular weight is 731 g/mol. The molecule has 10 atom stereocenters. The number of rotatable bonds is 17. The Morgan fingerprint density at radius 3 is 2.46 bits per heavy atom. The van der Waals surface area contributed by atoms with Crippen molar-refractivity contribution >= 4 is 39.6 Å². The largest absolute Gasteiger partial charge is 0.455 e. The Morgan fingerprint density at radius 1 is 1.19 bits per heavy atom. The van der Waals surface area contributed by atoms with Gasteiger partial charge in [-0.1, -0.05) is 78.7 Å². The third kappa shape index (κ3) is 6.87. The lowest BCUT2D eigenvalue weighted by molar-refractivity contribution is -0.165. The molecule has 1 N–H and O–H groups in total. The molecule has 4 rings (SSSR count). The van der Waals surface area contributed by atoms with Crippen molar-refractivity contribution in [2.45, 2.75) is 113 Å². The van der Waals surface area contributed by atoms with E-state index in [1.54, 1.807) is 29.0 Å². The molecule has 0 radical (unpaired) electrons. The van der Waals surface area contributed by atoms with Gasteiger partial charge in [-0.15, -0.1) is 13.2 Å². The fraction of sp³-hybridized carbons (Fsp3) is 0.622. The fourth-order valence-corrected chi connectivity index (χ4v) is 8.85. The lowest BCUT2D eigenvalue weighted by Crippen LogP contribution is -2.60. The Labute approximate surface area is 293 Å². The Bertz CT molecular complexity index is 1340. The molecule has 264 valence electrons. The van der Waals surface area contributed by atoms with Gasteiger partial charge < -0.3 is 29.3 Å². The number of allylic oxidation sites excluding steroid dienone is 1. The monoisotopic (exact) mass is 729 g/mol. The molecule has 3 heterocycles. The third-order valence-electron chi connectivity index (χ3n) is 10.5. The average Bonchev–Trinajstić information content (AvgIpc) is 3.68. The van der Waals surface area contributed by atoms with E-state index in [2.05, 4.69) is 36.0 Å². The molecule has 3 fully saturated rings. The normalized spacial score (nSPS) is 28.3. The molecule has 0 aliphatic carbocycles. The highest BCUT2D eigenvalue weighted by molar-refractivity contribution is 9.09. The summed E-state index contributed by atoms with van der Waals surface area (Å²) in [6, 6.07) is 6.91. The van der Waals surface area contributed by atoms with Crippen molar-refractivity contribution in [1.29, 1.82) is 0 Å². The van der Waals surface area contributed by atoms with E-state index in [4.69, 9.17) is 9.47 Å². The van der Waals surface area contributed by atoms with E-state index in [1.165, 1.54) is 4.90 Å². The lowest BCUT2D eigenvalue weighted by atomic mass is 9.70. The van der Waals surface area contributed by atoms with Crippen molar-refractivity contribution in [2.24, 2.45) is 11.8 Å². The van der Waals surface area contributed by atoms with Crippen molar-refractivity contribution in [1.82, 2.24) is 14.7 Å². The van der Waals surface area contributed by atoms with Gasteiger partial charge in [-0.25, -0.2) is 0 Å². The van der Waals surface area contributed by atoms with Crippen LogP contribution in [0.4, 0.5) is 0 Å². The van der Waals surface area contributed by atoms with E-state index in [-0.39, 0.29) is 48.2 Å². The summed E-state index contributed by atoms with van der Waals surface area (Å²) in [5.41, 5.74) is -0.588. The van der Waals surface area contributed by atoms with Crippen molar-refractivity contribution in [3.63, 3.8) is 0 Å². The van der Waals surface area contributed by atoms with Crippen molar-refractivity contribution in [2.75, 3.05) is 20.2 Å². The number of nitrogens with zero attached hydrogens (tertiary/aromatic N) is 3. The number of alkyl halides is 1. The number of benzene rings is 1. The maximum absolute atomic E-state index is 14.7. The maximum atomic E-state index is 14.7. The van der Waals surface area contributed by atoms with Gasteiger partial charge in [0.15, 0.2) is 0 Å². The van der Waals surface area contributed by atoms with E-state index >= 15 is 0 Å². The van der Waals surface area contributed by atoms with Crippen LogP contribution in [0, 0.1) is 11.8 Å². The molecule has 1 aromatic carbocycles. The molecule has 3 aliphatic heterocycles. The van der Waals surface area contributed by atoms with Gasteiger partial charge in [0, 0.05) is 30.9 Å². The number of hydrogen-bond acceptors (Lipinski definition) is 7. The quantitative estimate of drug-likeness (QED) is 0.139. The number of carbonyl (C=O) groups excluding carboxylic acids is 4. The van der Waals surface area contributed by atoms with Crippen LogP contribution in [0.25, 0.3) is 0 Å². The number of likely N-dealkylation sites (tertiary alicyclic amines) is 1. The molecule has 0 saturated carbocycles. The molecule has 11 heteroatoms. The highest BCUT2D eigenvalue weighted by atomic mass is 79.9. The highest BCUT2D eigenvalue weighted by Crippen LogP contribution is 2.61. The van der Waals surface area contributed by atoms with Crippen LogP contribution in [-0.2, 0) is 28.7 Å². The zero-order valence-corrected chi connectivity index (χ0v) is 30.5. The Morgan fingerprint density at radius 2 is 1.88 bits per heavy atom. The predicted octanol–water partition coefficient (Wildman–Crippen LogP) is 4.81. The van der Waals surface area contributed by atoms with Crippen molar-refractivity contribution in [3.05, 3.63) is 61.2 Å². The number of aliphatic hydroxyl groups is 1. The smallest absolute Gasteiger partial charge is 0.313 e. The Kier molecular flexibility index (Phi) is 12.7. The van der Waals surface area contributed by atoms with Gasteiger partial charge in [0.1, 0.15) is 17.7 Å². The number of aliphatic hydroxyl groups excluding tert-OH is 1. The van der Waals surface area contributed by atoms with Crippen LogP contribution in [0.3, 0.4) is 0 Å². The van der Waals surface area contributed by atoms with Crippen LogP contribution in [-0.4, -0.2) is 104 Å². The van der Waals surface area contributed by atoms with Gasteiger partial charge in [0.2, 0.25) is 17.7 Å². The Balaban J connectivity index is 1.75. The molecule has 10 nitrogen and oxygen atoms in total. The van der Waals surface area contributed by atoms with E-state index < -0.39 is 53.7 Å². The topological polar surface area (TPSA) is 117 Å². The number of amides is 3. The molecule has 2 unspecified atom stereocenters. The van der Waals surface area contributed by atoms with Crippen LogP contribution >= 0.6 is 15.9 Å². The van der Waals surface area contributed by atoms with Gasteiger partial charge in [-0.05, 0) is 45.1 Å². The number of fused-ring (bicyclic) bond motifs is 1. The minimum atomic E-state index is -1.30. The van der Waals surface area contributed by atoms with Crippen LogP contribution < -0.4 is 0 Å². The van der Waals surface area contributed by atoms with Crippen LogP contribution in [0.15, 0.2) is 55.6 Å². The van der Waals surface area contributed by atoms with Gasteiger partial charge in [0.25, 0.3) is 0 Å². The summed E-state index contributed by atoms with van der Waals surface area (Å²) in [7, 11) is 1.69. The number of likely N-dealkylation sites (N-methyl/N-ethyl adjacent to an activating group) is 1. The Hall–Kier alpha value is -3.02. The van der Waals surface area contributed by atoms with E-state index in [9.17, 15) is 24.3 Å². The molecular weight excluding hydrogens is 678 g/mol. The highest BCUT2D eigenvalue weighted by Gasteiger charge is 2.77. The summed E-state index contributed by atoms with van der Waals surface area (Å²) >= 11 is 3.74. The van der Waals surface area contributed by atoms with Gasteiger partial charge in [-0.3, -0.25) is 19.2 Å². The molecule has 0 aromatic heterocycles. The molecule has 1 aromatic rings. The standard InChI is InChI=1S/C37H52BrN3O7/c1-8-12-19-28(43)39(7)24(6)31(25-17-14-13-15-18-25)47-36(46)29-30-34(44)41(26(11-4)22-42)33(37(30)21-27(38)32(29)48-37)35(45)40(20-10-3)23(5)16-9-2/h8,10,13-15,17-18,23-24,26-27,29-33,42H,1,3,9,11-12,16,19-22H2,2,4-7H3/t23?,24-,26-,27?,29-,30+,31+,32-,33-,37+/m0/s1. The van der Waals surface area contributed by atoms with E-state index in [0.717, 1.165) is 12.8 Å². The number of ether oxygens (including phenoxy) is 2. The lowest BCUT2D eigenvalue weighted by Gasteiger charge is -2.41. The second-order valence-electron chi connectivity index (χ2n) is 13.4. The number of esters is 1. The minimum Gasteiger partial charge on any atom is -0.455 e. The molecule has 3 aliphatic rings. The second kappa shape index (κ2) is 16.1. The first-order valence-electron chi connectivity index (χ1n) is 17.2. The molecule has 3 amide bonds. The number of carbonyl (C=O) groups is 4. The summed E-state index contributed by atoms with van der Waals surface area (Å²) in [5, 5.41) is 10.4. The molecule has 2 bridgehead atoms. The maximum Gasteiger partial charge on any atom is 0.313 e. The summed E-state index contributed by atoms with van der Waals surface area (Å²) in [6.07, 6.45) is 5.00. The zero-order valence-electron chi connectivity index (χ0n) is 28.9. The summed E-state index contributed by atoms with van der Waals surface area (Å²) in [4.78, 5) is 61.2. The number of hydrogen-bond donors (Lipinski definition) is 1. The van der Waals surface area contributed by atoms with Crippen LogP contribution in [0.5, 0.6) is 0 Å². The first-order chi connectivity index (χ1) is 22.9. The molecule has 3 saturated heterocycles. The SMILES string of the molecule is C=CCCC(=O)N(C)[C@@H](C)[C@@H](OC(=O)[C@@H]1[C@H]2O[C@@]3(CC2Br)[C@H](C(=O)N(CC=C)C(C)CCC)N([C@@H](CC)CO)C(=O)[C@@H]13)c1ccccc1. The summed E-state index contributed by atoms with van der Waals surface area (Å²) in [5.74, 6) is -3.38. The third-order valence-corrected chi connectivity index (χ3v) is 11.4. The number of halogens is 1. The molecular formula is C37H52BrN3O7. The summed E-state index contributed by atoms with van der Waals surface area (Å²) in [6.45, 7) is 15.3. The molecule has 48 heavy (non-hydrogen) atoms.